The van der Waals surface area contributed by atoms with E-state index in [1.165, 1.54) is 0 Å². The van der Waals surface area contributed by atoms with Gasteiger partial charge in [-0.2, -0.15) is 0 Å². The van der Waals surface area contributed by atoms with E-state index in [1.807, 2.05) is 18.2 Å². The molecule has 0 atom stereocenters. The molecule has 0 radical (unpaired) electrons. The Labute approximate surface area is 105 Å². The van der Waals surface area contributed by atoms with E-state index < -0.39 is 0 Å². The fourth-order valence-corrected chi connectivity index (χ4v) is 1.56. The number of hydrogen-bond donors (Lipinski definition) is 2. The van der Waals surface area contributed by atoms with Crippen molar-refractivity contribution in [1.82, 2.24) is 15.3 Å². The Kier molecular flexibility index (Phi) is 3.86. The normalized spacial score (nSPS) is 9.83. The molecule has 0 aliphatic carbocycles. The third kappa shape index (κ3) is 2.82. The predicted molar refractivity (Wildman–Crippen MR) is 69.2 cm³/mol. The van der Waals surface area contributed by atoms with Gasteiger partial charge in [0.25, 0.3) is 5.91 Å². The number of carbonyl (C=O) groups excluding carboxylic acids is 1. The zero-order chi connectivity index (χ0) is 12.8. The highest BCUT2D eigenvalue weighted by atomic mass is 16.1. The van der Waals surface area contributed by atoms with Crippen molar-refractivity contribution in [2.24, 2.45) is 0 Å². The van der Waals surface area contributed by atoms with E-state index >= 15 is 0 Å². The topological polar surface area (TPSA) is 66.9 Å². The van der Waals surface area contributed by atoms with E-state index in [2.05, 4.69) is 20.6 Å². The van der Waals surface area contributed by atoms with E-state index in [-0.39, 0.29) is 5.91 Å². The lowest BCUT2D eigenvalue weighted by atomic mass is 10.2. The Bertz CT molecular complexity index is 528. The summed E-state index contributed by atoms with van der Waals surface area (Å²) < 4.78 is 0. The molecule has 0 spiro atoms. The van der Waals surface area contributed by atoms with Crippen LogP contribution in [0.1, 0.15) is 16.1 Å². The highest BCUT2D eigenvalue weighted by Crippen LogP contribution is 2.12. The van der Waals surface area contributed by atoms with Gasteiger partial charge in [0.15, 0.2) is 0 Å². The van der Waals surface area contributed by atoms with Crippen LogP contribution < -0.4 is 10.6 Å². The molecular formula is C13H14N4O. The number of aromatic nitrogens is 2. The molecule has 0 aromatic carbocycles. The Balaban J connectivity index is 2.04. The second-order valence-electron chi connectivity index (χ2n) is 3.68. The first-order chi connectivity index (χ1) is 8.81. The lowest BCUT2D eigenvalue weighted by Crippen LogP contribution is -2.24. The Hall–Kier alpha value is -2.43. The number of rotatable bonds is 4. The SMILES string of the molecule is CNc1cnccc1C(=O)NCc1ccccn1. The number of nitrogens with one attached hydrogen (secondary N) is 2. The average Bonchev–Trinajstić information content (AvgIpc) is 2.45. The first kappa shape index (κ1) is 12.0. The Morgan fingerprint density at radius 1 is 1.28 bits per heavy atom. The molecular weight excluding hydrogens is 228 g/mol. The highest BCUT2D eigenvalue weighted by molar-refractivity contribution is 5.99. The summed E-state index contributed by atoms with van der Waals surface area (Å²) in [5.41, 5.74) is 2.10. The average molecular weight is 242 g/mol. The van der Waals surface area contributed by atoms with Crippen molar-refractivity contribution in [3.63, 3.8) is 0 Å². The minimum Gasteiger partial charge on any atom is -0.386 e. The lowest BCUT2D eigenvalue weighted by molar-refractivity contribution is 0.0951. The molecule has 92 valence electrons. The van der Waals surface area contributed by atoms with Gasteiger partial charge < -0.3 is 10.6 Å². The smallest absolute Gasteiger partial charge is 0.253 e. The first-order valence-corrected chi connectivity index (χ1v) is 5.61. The summed E-state index contributed by atoms with van der Waals surface area (Å²) in [6.07, 6.45) is 4.92. The zero-order valence-corrected chi connectivity index (χ0v) is 10.1. The maximum absolute atomic E-state index is 12.0. The van der Waals surface area contributed by atoms with E-state index in [9.17, 15) is 4.79 Å². The minimum absolute atomic E-state index is 0.146. The molecule has 2 aromatic rings. The van der Waals surface area contributed by atoms with Crippen molar-refractivity contribution in [3.05, 3.63) is 54.1 Å². The van der Waals surface area contributed by atoms with Crippen molar-refractivity contribution in [2.75, 3.05) is 12.4 Å². The van der Waals surface area contributed by atoms with Crippen molar-refractivity contribution >= 4 is 11.6 Å². The van der Waals surface area contributed by atoms with Gasteiger partial charge in [-0.3, -0.25) is 14.8 Å². The Morgan fingerprint density at radius 3 is 2.89 bits per heavy atom. The van der Waals surface area contributed by atoms with Gasteiger partial charge in [0.1, 0.15) is 0 Å². The number of anilines is 1. The van der Waals surface area contributed by atoms with Crippen LogP contribution in [0.2, 0.25) is 0 Å². The van der Waals surface area contributed by atoms with Crippen LogP contribution in [0.4, 0.5) is 5.69 Å². The summed E-state index contributed by atoms with van der Waals surface area (Å²) in [4.78, 5) is 20.1. The number of nitrogens with zero attached hydrogens (tertiary/aromatic N) is 2. The van der Waals surface area contributed by atoms with Crippen LogP contribution in [0.5, 0.6) is 0 Å². The van der Waals surface area contributed by atoms with Gasteiger partial charge in [-0.15, -0.1) is 0 Å². The van der Waals surface area contributed by atoms with Crippen molar-refractivity contribution in [2.45, 2.75) is 6.54 Å². The lowest BCUT2D eigenvalue weighted by Gasteiger charge is -2.08. The van der Waals surface area contributed by atoms with Crippen LogP contribution in [0.25, 0.3) is 0 Å². The molecule has 0 aliphatic heterocycles. The molecule has 2 heterocycles. The fourth-order valence-electron chi connectivity index (χ4n) is 1.56. The van der Waals surface area contributed by atoms with Gasteiger partial charge in [0.05, 0.1) is 29.7 Å². The molecule has 5 heteroatoms. The van der Waals surface area contributed by atoms with Gasteiger partial charge >= 0.3 is 0 Å². The molecule has 0 aliphatic rings. The summed E-state index contributed by atoms with van der Waals surface area (Å²) >= 11 is 0. The second-order valence-corrected chi connectivity index (χ2v) is 3.68. The molecule has 0 saturated carbocycles. The molecule has 0 bridgehead atoms. The summed E-state index contributed by atoms with van der Waals surface area (Å²) in [6.45, 7) is 0.408. The van der Waals surface area contributed by atoms with E-state index in [1.54, 1.807) is 31.7 Å². The van der Waals surface area contributed by atoms with Crippen LogP contribution in [0.3, 0.4) is 0 Å². The molecule has 2 aromatic heterocycles. The fraction of sp³-hybridized carbons (Fsp3) is 0.154. The van der Waals surface area contributed by atoms with Crippen LogP contribution in [0.15, 0.2) is 42.9 Å². The minimum atomic E-state index is -0.146. The highest BCUT2D eigenvalue weighted by Gasteiger charge is 2.09. The molecule has 0 saturated heterocycles. The number of amides is 1. The van der Waals surface area contributed by atoms with E-state index in [4.69, 9.17) is 0 Å². The van der Waals surface area contributed by atoms with Gasteiger partial charge in [-0.1, -0.05) is 6.07 Å². The number of hydrogen-bond acceptors (Lipinski definition) is 4. The summed E-state index contributed by atoms with van der Waals surface area (Å²) in [6, 6.07) is 7.28. The molecule has 18 heavy (non-hydrogen) atoms. The molecule has 2 N–H and O–H groups in total. The van der Waals surface area contributed by atoms with Crippen LogP contribution >= 0.6 is 0 Å². The molecule has 1 amide bonds. The molecule has 2 rings (SSSR count). The number of carbonyl (C=O) groups is 1. The zero-order valence-electron chi connectivity index (χ0n) is 10.1. The van der Waals surface area contributed by atoms with Crippen molar-refractivity contribution in [3.8, 4) is 0 Å². The van der Waals surface area contributed by atoms with Gasteiger partial charge in [-0.25, -0.2) is 0 Å². The molecule has 0 fully saturated rings. The van der Waals surface area contributed by atoms with E-state index in [0.29, 0.717) is 17.8 Å². The predicted octanol–water partition coefficient (Wildman–Crippen LogP) is 1.45. The van der Waals surface area contributed by atoms with Crippen LogP contribution in [-0.4, -0.2) is 22.9 Å². The van der Waals surface area contributed by atoms with Crippen molar-refractivity contribution < 1.29 is 4.79 Å². The molecule has 0 unspecified atom stereocenters. The first-order valence-electron chi connectivity index (χ1n) is 5.61. The second kappa shape index (κ2) is 5.77. The Morgan fingerprint density at radius 2 is 2.17 bits per heavy atom. The quantitative estimate of drug-likeness (QED) is 0.851. The maximum Gasteiger partial charge on any atom is 0.253 e. The van der Waals surface area contributed by atoms with Crippen molar-refractivity contribution in [1.29, 1.82) is 0 Å². The monoisotopic (exact) mass is 242 g/mol. The number of pyridine rings is 2. The van der Waals surface area contributed by atoms with Crippen LogP contribution in [-0.2, 0) is 6.54 Å². The summed E-state index contributed by atoms with van der Waals surface area (Å²) in [5, 5.41) is 5.76. The largest absolute Gasteiger partial charge is 0.386 e. The standard InChI is InChI=1S/C13H14N4O/c1-14-12-9-15-7-5-11(12)13(18)17-8-10-4-2-3-6-16-10/h2-7,9,14H,8H2,1H3,(H,17,18). The van der Waals surface area contributed by atoms with Crippen LogP contribution in [0, 0.1) is 0 Å². The van der Waals surface area contributed by atoms with E-state index in [0.717, 1.165) is 5.69 Å². The molecule has 5 nitrogen and oxygen atoms in total. The third-order valence-electron chi connectivity index (χ3n) is 2.49. The summed E-state index contributed by atoms with van der Waals surface area (Å²) in [7, 11) is 1.76. The maximum atomic E-state index is 12.0. The third-order valence-corrected chi connectivity index (χ3v) is 2.49. The van der Waals surface area contributed by atoms with Gasteiger partial charge in [0.2, 0.25) is 0 Å². The van der Waals surface area contributed by atoms with Gasteiger partial charge in [0, 0.05) is 19.4 Å². The van der Waals surface area contributed by atoms with Gasteiger partial charge in [-0.05, 0) is 18.2 Å². The summed E-state index contributed by atoms with van der Waals surface area (Å²) in [5.74, 6) is -0.146.